The Bertz CT molecular complexity index is 764. The zero-order valence-electron chi connectivity index (χ0n) is 16.5. The highest BCUT2D eigenvalue weighted by Crippen LogP contribution is 2.30. The molecular weight excluding hydrogens is 376 g/mol. The number of piperidine rings is 1. The predicted molar refractivity (Wildman–Crippen MR) is 104 cm³/mol. The Labute approximate surface area is 169 Å². The number of nitrogens with zero attached hydrogens (tertiary/aromatic N) is 1. The molecule has 8 nitrogen and oxygen atoms in total. The molecule has 8 heteroatoms. The van der Waals surface area contributed by atoms with E-state index in [0.717, 1.165) is 12.8 Å². The van der Waals surface area contributed by atoms with Gasteiger partial charge in [0.15, 0.2) is 6.61 Å². The van der Waals surface area contributed by atoms with Crippen molar-refractivity contribution in [3.8, 4) is 0 Å². The summed E-state index contributed by atoms with van der Waals surface area (Å²) in [4.78, 5) is 49.5. The van der Waals surface area contributed by atoms with Crippen molar-refractivity contribution in [2.75, 3.05) is 31.6 Å². The summed E-state index contributed by atoms with van der Waals surface area (Å²) in [5, 5.41) is 2.80. The molecule has 29 heavy (non-hydrogen) atoms. The number of hydrogen-bond acceptors (Lipinski definition) is 6. The number of rotatable bonds is 7. The van der Waals surface area contributed by atoms with Gasteiger partial charge in [0.2, 0.25) is 5.91 Å². The van der Waals surface area contributed by atoms with E-state index in [4.69, 9.17) is 9.47 Å². The van der Waals surface area contributed by atoms with E-state index in [0.29, 0.717) is 43.8 Å². The number of carbonyl (C=O) groups excluding carboxylic acids is 4. The second-order valence-corrected chi connectivity index (χ2v) is 7.32. The lowest BCUT2D eigenvalue weighted by Gasteiger charge is -2.30. The van der Waals surface area contributed by atoms with Crippen LogP contribution in [-0.4, -0.2) is 55.0 Å². The van der Waals surface area contributed by atoms with E-state index in [2.05, 4.69) is 5.32 Å². The van der Waals surface area contributed by atoms with Crippen molar-refractivity contribution in [3.63, 3.8) is 0 Å². The maximum Gasteiger partial charge on any atom is 0.338 e. The van der Waals surface area contributed by atoms with Crippen molar-refractivity contribution in [2.45, 2.75) is 32.6 Å². The maximum atomic E-state index is 12.3. The lowest BCUT2D eigenvalue weighted by molar-refractivity contribution is -0.151. The lowest BCUT2D eigenvalue weighted by atomic mass is 9.97. The van der Waals surface area contributed by atoms with E-state index in [-0.39, 0.29) is 36.2 Å². The molecule has 1 aromatic carbocycles. The van der Waals surface area contributed by atoms with Crippen molar-refractivity contribution in [2.24, 2.45) is 11.8 Å². The Balaban J connectivity index is 1.41. The largest absolute Gasteiger partial charge is 0.466 e. The van der Waals surface area contributed by atoms with Gasteiger partial charge in [-0.3, -0.25) is 14.4 Å². The molecule has 3 rings (SSSR count). The first-order chi connectivity index (χ1) is 14.0. The smallest absolute Gasteiger partial charge is 0.338 e. The number of benzene rings is 1. The number of hydrogen-bond donors (Lipinski definition) is 1. The highest BCUT2D eigenvalue weighted by atomic mass is 16.5. The molecule has 2 amide bonds. The third-order valence-corrected chi connectivity index (χ3v) is 5.13. The van der Waals surface area contributed by atoms with Gasteiger partial charge in [0, 0.05) is 24.7 Å². The Hall–Kier alpha value is -2.90. The van der Waals surface area contributed by atoms with Crippen LogP contribution in [0.15, 0.2) is 24.3 Å². The zero-order valence-corrected chi connectivity index (χ0v) is 16.5. The van der Waals surface area contributed by atoms with Gasteiger partial charge in [0.05, 0.1) is 18.1 Å². The van der Waals surface area contributed by atoms with E-state index in [1.54, 1.807) is 36.1 Å². The summed E-state index contributed by atoms with van der Waals surface area (Å²) < 4.78 is 10.1. The summed E-state index contributed by atoms with van der Waals surface area (Å²) in [6.07, 6.45) is 2.94. The number of anilines is 1. The molecule has 156 valence electrons. The first-order valence-corrected chi connectivity index (χ1v) is 10.0. The number of carbonyl (C=O) groups is 4. The van der Waals surface area contributed by atoms with E-state index in [1.807, 2.05) is 0 Å². The van der Waals surface area contributed by atoms with Gasteiger partial charge < -0.3 is 19.7 Å². The van der Waals surface area contributed by atoms with Crippen molar-refractivity contribution in [3.05, 3.63) is 29.8 Å². The number of nitrogens with one attached hydrogen (secondary N) is 1. The van der Waals surface area contributed by atoms with Gasteiger partial charge in [-0.15, -0.1) is 0 Å². The first kappa shape index (κ1) is 20.8. The van der Waals surface area contributed by atoms with E-state index in [1.165, 1.54) is 0 Å². The summed E-state index contributed by atoms with van der Waals surface area (Å²) >= 11 is 0. The summed E-state index contributed by atoms with van der Waals surface area (Å²) in [6, 6.07) is 6.39. The molecule has 0 unspecified atom stereocenters. The molecule has 1 aliphatic heterocycles. The van der Waals surface area contributed by atoms with Gasteiger partial charge in [-0.1, -0.05) is 0 Å². The average Bonchev–Trinajstić information content (AvgIpc) is 3.58. The second-order valence-electron chi connectivity index (χ2n) is 7.32. The van der Waals surface area contributed by atoms with E-state index in [9.17, 15) is 19.2 Å². The number of likely N-dealkylation sites (tertiary alicyclic amines) is 1. The minimum Gasteiger partial charge on any atom is -0.466 e. The molecule has 0 atom stereocenters. The highest BCUT2D eigenvalue weighted by Gasteiger charge is 2.30. The Kier molecular flexibility index (Phi) is 6.85. The number of ether oxygens (including phenoxy) is 2. The fourth-order valence-electron chi connectivity index (χ4n) is 3.21. The van der Waals surface area contributed by atoms with Crippen LogP contribution < -0.4 is 5.32 Å². The van der Waals surface area contributed by atoms with Crippen LogP contribution in [0.4, 0.5) is 5.69 Å². The molecule has 1 N–H and O–H groups in total. The van der Waals surface area contributed by atoms with Crippen molar-refractivity contribution in [1.29, 1.82) is 0 Å². The van der Waals surface area contributed by atoms with Gasteiger partial charge >= 0.3 is 11.9 Å². The van der Waals surface area contributed by atoms with Crippen LogP contribution in [0.25, 0.3) is 0 Å². The van der Waals surface area contributed by atoms with E-state index >= 15 is 0 Å². The molecule has 1 saturated carbocycles. The summed E-state index contributed by atoms with van der Waals surface area (Å²) in [5.74, 6) is -1.18. The van der Waals surface area contributed by atoms with Crippen LogP contribution >= 0.6 is 0 Å². The van der Waals surface area contributed by atoms with Crippen LogP contribution in [0, 0.1) is 11.8 Å². The Morgan fingerprint density at radius 1 is 0.966 bits per heavy atom. The fourth-order valence-corrected chi connectivity index (χ4v) is 3.21. The minimum absolute atomic E-state index is 0.00218. The fraction of sp³-hybridized carbons (Fsp3) is 0.524. The van der Waals surface area contributed by atoms with Crippen LogP contribution in [-0.2, 0) is 23.9 Å². The summed E-state index contributed by atoms with van der Waals surface area (Å²) in [7, 11) is 0. The Morgan fingerprint density at radius 3 is 2.21 bits per heavy atom. The third-order valence-electron chi connectivity index (χ3n) is 5.13. The molecule has 0 spiro atoms. The summed E-state index contributed by atoms with van der Waals surface area (Å²) in [6.45, 7) is 2.65. The number of amides is 2. The highest BCUT2D eigenvalue weighted by molar-refractivity contribution is 5.95. The average molecular weight is 402 g/mol. The van der Waals surface area contributed by atoms with E-state index < -0.39 is 5.97 Å². The molecule has 1 saturated heterocycles. The summed E-state index contributed by atoms with van der Waals surface area (Å²) in [5.41, 5.74) is 0.933. The molecule has 0 bridgehead atoms. The molecule has 2 fully saturated rings. The first-order valence-electron chi connectivity index (χ1n) is 10.0. The van der Waals surface area contributed by atoms with Crippen molar-refractivity contribution >= 4 is 29.4 Å². The number of esters is 2. The molecular formula is C21H26N2O6. The topological polar surface area (TPSA) is 102 Å². The quantitative estimate of drug-likeness (QED) is 0.700. The SMILES string of the molecule is CCOC(=O)C1CCN(C(=O)COC(=O)c2ccc(NC(=O)C3CC3)cc2)CC1. The van der Waals surface area contributed by atoms with Crippen molar-refractivity contribution in [1.82, 2.24) is 4.90 Å². The minimum atomic E-state index is -0.597. The third kappa shape index (κ3) is 5.79. The van der Waals surface area contributed by atoms with Gasteiger partial charge in [-0.05, 0) is 56.9 Å². The van der Waals surface area contributed by atoms with Gasteiger partial charge in [0.25, 0.3) is 5.91 Å². The molecule has 2 aliphatic rings. The van der Waals surface area contributed by atoms with Crippen molar-refractivity contribution < 1.29 is 28.7 Å². The van der Waals surface area contributed by atoms with Crippen LogP contribution in [0.1, 0.15) is 43.0 Å². The molecule has 0 radical (unpaired) electrons. The monoisotopic (exact) mass is 402 g/mol. The standard InChI is InChI=1S/C21H26N2O6/c1-2-28-20(26)16-9-11-23(12-10-16)18(24)13-29-21(27)15-5-7-17(8-6-15)22-19(25)14-3-4-14/h5-8,14,16H,2-4,9-13H2,1H3,(H,22,25). The molecule has 1 aliphatic carbocycles. The van der Waals surface area contributed by atoms with Crippen LogP contribution in [0.3, 0.4) is 0 Å². The Morgan fingerprint density at radius 2 is 1.62 bits per heavy atom. The molecule has 0 aromatic heterocycles. The van der Waals surface area contributed by atoms with Crippen LogP contribution in [0.2, 0.25) is 0 Å². The predicted octanol–water partition coefficient (Wildman–Crippen LogP) is 1.99. The van der Waals surface area contributed by atoms with Gasteiger partial charge in [-0.25, -0.2) is 4.79 Å². The maximum absolute atomic E-state index is 12.3. The lowest BCUT2D eigenvalue weighted by Crippen LogP contribution is -2.42. The molecule has 1 aromatic rings. The normalized spacial score (nSPS) is 16.8. The van der Waals surface area contributed by atoms with Crippen LogP contribution in [0.5, 0.6) is 0 Å². The zero-order chi connectivity index (χ0) is 20.8. The second kappa shape index (κ2) is 9.54. The molecule has 1 heterocycles. The van der Waals surface area contributed by atoms with Gasteiger partial charge in [0.1, 0.15) is 0 Å². The van der Waals surface area contributed by atoms with Gasteiger partial charge in [-0.2, -0.15) is 0 Å².